The number of hydrogen-bond acceptors (Lipinski definition) is 3. The molecule has 0 aliphatic carbocycles. The quantitative estimate of drug-likeness (QED) is 0.526. The maximum absolute atomic E-state index is 11.9. The van der Waals surface area contributed by atoms with Crippen LogP contribution in [0.4, 0.5) is 10.5 Å². The van der Waals surface area contributed by atoms with Crippen molar-refractivity contribution >= 4 is 17.9 Å². The molecule has 27 heavy (non-hydrogen) atoms. The van der Waals surface area contributed by atoms with Gasteiger partial charge in [-0.15, -0.1) is 0 Å². The van der Waals surface area contributed by atoms with Gasteiger partial charge in [-0.25, -0.2) is 10.2 Å². The highest BCUT2D eigenvalue weighted by Crippen LogP contribution is 2.21. The monoisotopic (exact) mass is 362 g/mol. The second-order valence-corrected chi connectivity index (χ2v) is 6.05. The molecule has 0 spiro atoms. The van der Waals surface area contributed by atoms with E-state index in [2.05, 4.69) is 20.4 Å². The Morgan fingerprint density at radius 2 is 1.78 bits per heavy atom. The van der Waals surface area contributed by atoms with Gasteiger partial charge in [-0.1, -0.05) is 18.2 Å². The Hall–Kier alpha value is -3.54. The summed E-state index contributed by atoms with van der Waals surface area (Å²) in [4.78, 5) is 11.9. The van der Waals surface area contributed by atoms with Crippen LogP contribution in [0.3, 0.4) is 0 Å². The molecule has 3 aromatic rings. The van der Waals surface area contributed by atoms with Crippen molar-refractivity contribution in [2.75, 3.05) is 12.4 Å². The van der Waals surface area contributed by atoms with Gasteiger partial charge in [0.1, 0.15) is 5.75 Å². The Bertz CT molecular complexity index is 944. The maximum atomic E-state index is 11.9. The predicted molar refractivity (Wildman–Crippen MR) is 108 cm³/mol. The van der Waals surface area contributed by atoms with Crippen LogP contribution in [0.15, 0.2) is 65.8 Å². The van der Waals surface area contributed by atoms with Gasteiger partial charge in [-0.3, -0.25) is 0 Å². The Morgan fingerprint density at radius 3 is 2.44 bits per heavy atom. The van der Waals surface area contributed by atoms with E-state index in [-0.39, 0.29) is 6.03 Å². The molecule has 2 amide bonds. The number of amides is 2. The van der Waals surface area contributed by atoms with Crippen LogP contribution in [0, 0.1) is 13.8 Å². The van der Waals surface area contributed by atoms with Crippen molar-refractivity contribution in [1.29, 1.82) is 0 Å². The topological polar surface area (TPSA) is 67.6 Å². The van der Waals surface area contributed by atoms with Crippen LogP contribution >= 0.6 is 0 Å². The number of urea groups is 1. The van der Waals surface area contributed by atoms with Gasteiger partial charge in [0, 0.05) is 28.3 Å². The number of anilines is 1. The summed E-state index contributed by atoms with van der Waals surface area (Å²) in [5.74, 6) is 0.816. The SMILES string of the molecule is COc1ccc(-n2c(C)cc(/C=N/NC(=O)Nc3ccccc3)c2C)cc1. The molecule has 0 saturated heterocycles. The number of carbonyl (C=O) groups excluding carboxylic acids is 1. The fourth-order valence-electron chi connectivity index (χ4n) is 2.89. The van der Waals surface area contributed by atoms with E-state index < -0.39 is 0 Å². The van der Waals surface area contributed by atoms with Gasteiger partial charge in [-0.2, -0.15) is 5.10 Å². The largest absolute Gasteiger partial charge is 0.497 e. The number of methoxy groups -OCH3 is 1. The zero-order valence-corrected chi connectivity index (χ0v) is 15.6. The van der Waals surface area contributed by atoms with E-state index in [1.807, 2.05) is 74.5 Å². The molecule has 0 radical (unpaired) electrons. The van der Waals surface area contributed by atoms with Gasteiger partial charge in [0.15, 0.2) is 0 Å². The highest BCUT2D eigenvalue weighted by atomic mass is 16.5. The van der Waals surface area contributed by atoms with E-state index in [1.54, 1.807) is 13.3 Å². The summed E-state index contributed by atoms with van der Waals surface area (Å²) in [7, 11) is 1.65. The number of hydrazone groups is 1. The molecule has 3 rings (SSSR count). The number of hydrogen-bond donors (Lipinski definition) is 2. The minimum atomic E-state index is -0.388. The van der Waals surface area contributed by atoms with Crippen LogP contribution in [0.2, 0.25) is 0 Å². The standard InChI is InChI=1S/C21H22N4O2/c1-15-13-17(14-22-24-21(26)23-18-7-5-4-6-8-18)16(2)25(15)19-9-11-20(27-3)12-10-19/h4-14H,1-3H3,(H2,23,24,26)/b22-14+. The molecule has 1 aromatic heterocycles. The number of nitrogens with one attached hydrogen (secondary N) is 2. The molecule has 2 aromatic carbocycles. The molecule has 138 valence electrons. The van der Waals surface area contributed by atoms with Crippen LogP contribution in [0.25, 0.3) is 5.69 Å². The van der Waals surface area contributed by atoms with Crippen molar-refractivity contribution in [2.24, 2.45) is 5.10 Å². The first-order valence-corrected chi connectivity index (χ1v) is 8.57. The molecule has 0 saturated carbocycles. The highest BCUT2D eigenvalue weighted by Gasteiger charge is 2.09. The molecule has 0 aliphatic heterocycles. The second-order valence-electron chi connectivity index (χ2n) is 6.05. The number of para-hydroxylation sites is 1. The summed E-state index contributed by atoms with van der Waals surface area (Å²) in [5.41, 5.74) is 7.28. The first kappa shape index (κ1) is 18.3. The minimum absolute atomic E-state index is 0.388. The summed E-state index contributed by atoms with van der Waals surface area (Å²) in [5, 5.41) is 6.77. The lowest BCUT2D eigenvalue weighted by molar-refractivity contribution is 0.252. The average Bonchev–Trinajstić information content (AvgIpc) is 2.96. The van der Waals surface area contributed by atoms with Gasteiger partial charge in [0.2, 0.25) is 0 Å². The van der Waals surface area contributed by atoms with Crippen molar-refractivity contribution in [3.8, 4) is 11.4 Å². The van der Waals surface area contributed by atoms with E-state index >= 15 is 0 Å². The highest BCUT2D eigenvalue weighted by molar-refractivity contribution is 5.90. The summed E-state index contributed by atoms with van der Waals surface area (Å²) in [6, 6.07) is 18.7. The molecule has 0 atom stereocenters. The minimum Gasteiger partial charge on any atom is -0.497 e. The third-order valence-electron chi connectivity index (χ3n) is 4.20. The third kappa shape index (κ3) is 4.36. The van der Waals surface area contributed by atoms with E-state index in [1.165, 1.54) is 0 Å². The zero-order valence-electron chi connectivity index (χ0n) is 15.6. The number of aromatic nitrogens is 1. The van der Waals surface area contributed by atoms with Crippen molar-refractivity contribution in [3.63, 3.8) is 0 Å². The Kier molecular flexibility index (Phi) is 5.56. The Balaban J connectivity index is 1.70. The summed E-state index contributed by atoms with van der Waals surface area (Å²) in [6.07, 6.45) is 1.65. The van der Waals surface area contributed by atoms with Gasteiger partial charge >= 0.3 is 6.03 Å². The molecule has 0 unspecified atom stereocenters. The second kappa shape index (κ2) is 8.23. The number of carbonyl (C=O) groups is 1. The van der Waals surface area contributed by atoms with Gasteiger partial charge in [-0.05, 0) is 56.3 Å². The van der Waals surface area contributed by atoms with Crippen LogP contribution in [0.1, 0.15) is 17.0 Å². The summed E-state index contributed by atoms with van der Waals surface area (Å²) in [6.45, 7) is 4.05. The molecule has 6 heteroatoms. The van der Waals surface area contributed by atoms with Gasteiger partial charge < -0.3 is 14.6 Å². The number of nitrogens with zero attached hydrogens (tertiary/aromatic N) is 2. The molecule has 1 heterocycles. The molecular weight excluding hydrogens is 340 g/mol. The first-order valence-electron chi connectivity index (χ1n) is 8.57. The maximum Gasteiger partial charge on any atom is 0.339 e. The van der Waals surface area contributed by atoms with Crippen LogP contribution in [-0.4, -0.2) is 23.9 Å². The number of aryl methyl sites for hydroxylation is 1. The lowest BCUT2D eigenvalue weighted by Crippen LogP contribution is -2.24. The Labute approximate surface area is 158 Å². The van der Waals surface area contributed by atoms with Crippen molar-refractivity contribution < 1.29 is 9.53 Å². The molecule has 2 N–H and O–H groups in total. The summed E-state index contributed by atoms with van der Waals surface area (Å²) >= 11 is 0. The molecule has 6 nitrogen and oxygen atoms in total. The predicted octanol–water partition coefficient (Wildman–Crippen LogP) is 4.26. The van der Waals surface area contributed by atoms with Gasteiger partial charge in [0.05, 0.1) is 13.3 Å². The number of rotatable bonds is 5. The van der Waals surface area contributed by atoms with E-state index in [0.717, 1.165) is 28.4 Å². The number of ether oxygens (including phenoxy) is 1. The van der Waals surface area contributed by atoms with E-state index in [0.29, 0.717) is 5.69 Å². The molecule has 0 fully saturated rings. The van der Waals surface area contributed by atoms with Crippen LogP contribution in [-0.2, 0) is 0 Å². The normalized spacial score (nSPS) is 10.8. The Morgan fingerprint density at radius 1 is 1.07 bits per heavy atom. The first-order chi connectivity index (χ1) is 13.1. The summed E-state index contributed by atoms with van der Waals surface area (Å²) < 4.78 is 7.34. The van der Waals surface area contributed by atoms with Crippen LogP contribution < -0.4 is 15.5 Å². The fraction of sp³-hybridized carbons (Fsp3) is 0.143. The van der Waals surface area contributed by atoms with E-state index in [4.69, 9.17) is 4.74 Å². The van der Waals surface area contributed by atoms with Crippen molar-refractivity contribution in [3.05, 3.63) is 77.6 Å². The molecule has 0 aliphatic rings. The number of benzene rings is 2. The lowest BCUT2D eigenvalue weighted by atomic mass is 10.2. The zero-order chi connectivity index (χ0) is 19.2. The fourth-order valence-corrected chi connectivity index (χ4v) is 2.89. The smallest absolute Gasteiger partial charge is 0.339 e. The molecular formula is C21H22N4O2. The van der Waals surface area contributed by atoms with E-state index in [9.17, 15) is 4.79 Å². The van der Waals surface area contributed by atoms with Crippen LogP contribution in [0.5, 0.6) is 5.75 Å². The third-order valence-corrected chi connectivity index (χ3v) is 4.20. The lowest BCUT2D eigenvalue weighted by Gasteiger charge is -2.10. The van der Waals surface area contributed by atoms with Crippen molar-refractivity contribution in [1.82, 2.24) is 9.99 Å². The molecule has 0 bridgehead atoms. The van der Waals surface area contributed by atoms with Gasteiger partial charge in [0.25, 0.3) is 0 Å². The van der Waals surface area contributed by atoms with Crippen molar-refractivity contribution in [2.45, 2.75) is 13.8 Å². The average molecular weight is 362 g/mol.